The normalized spacial score (nSPS) is 19.0. The number of nitrogens with zero attached hydrogens (tertiary/aromatic N) is 1. The highest BCUT2D eigenvalue weighted by Crippen LogP contribution is 2.67. The van der Waals surface area contributed by atoms with E-state index in [2.05, 4.69) is 278 Å². The molecule has 10 aromatic rings. The van der Waals surface area contributed by atoms with Crippen LogP contribution in [0.15, 0.2) is 279 Å². The van der Waals surface area contributed by atoms with E-state index in [1.54, 1.807) is 0 Å². The molecule has 0 amide bonds. The van der Waals surface area contributed by atoms with Crippen molar-refractivity contribution in [2.24, 2.45) is 5.92 Å². The van der Waals surface area contributed by atoms with Crippen LogP contribution in [0.25, 0.3) is 50.1 Å². The fraction of sp³-hybridized carbons (Fsp3) is 0.0811. The minimum Gasteiger partial charge on any atom is -0.449 e. The average molecular weight is 986 g/mol. The lowest BCUT2D eigenvalue weighted by atomic mass is 9.60. The second-order valence-electron chi connectivity index (χ2n) is 21.3. The van der Waals surface area contributed by atoms with Crippen LogP contribution in [0, 0.1) is 5.92 Å². The van der Waals surface area contributed by atoms with Crippen molar-refractivity contribution in [2.75, 3.05) is 4.90 Å². The molecule has 0 aromatic heterocycles. The van der Waals surface area contributed by atoms with Crippen molar-refractivity contribution < 1.29 is 9.47 Å². The molecule has 0 radical (unpaired) electrons. The lowest BCUT2D eigenvalue weighted by Gasteiger charge is -2.44. The number of ether oxygens (including phenoxy) is 2. The Morgan fingerprint density at radius 2 is 1.04 bits per heavy atom. The maximum Gasteiger partial charge on any atom is 0.193 e. The fourth-order valence-electron chi connectivity index (χ4n) is 14.5. The zero-order chi connectivity index (χ0) is 50.7. The lowest BCUT2D eigenvalue weighted by Crippen LogP contribution is -2.40. The summed E-state index contributed by atoms with van der Waals surface area (Å²) in [5.41, 5.74) is 22.5. The fourth-order valence-corrected chi connectivity index (χ4v) is 14.5. The van der Waals surface area contributed by atoms with Crippen LogP contribution < -0.4 is 14.4 Å². The van der Waals surface area contributed by atoms with Crippen LogP contribution in [0.2, 0.25) is 0 Å². The molecule has 0 fully saturated rings. The van der Waals surface area contributed by atoms with E-state index in [9.17, 15) is 0 Å². The summed E-state index contributed by atoms with van der Waals surface area (Å²) >= 11 is 0. The minimum absolute atomic E-state index is 0.112. The number of allylic oxidation sites excluding steroid dienone is 6. The van der Waals surface area contributed by atoms with Crippen LogP contribution in [0.4, 0.5) is 11.4 Å². The van der Waals surface area contributed by atoms with Gasteiger partial charge in [-0.3, -0.25) is 0 Å². The molecule has 3 unspecified atom stereocenters. The van der Waals surface area contributed by atoms with Crippen molar-refractivity contribution in [2.45, 2.75) is 29.7 Å². The minimum atomic E-state index is -0.516. The second-order valence-corrected chi connectivity index (χ2v) is 21.3. The zero-order valence-electron chi connectivity index (χ0n) is 42.3. The first-order valence-corrected chi connectivity index (χ1v) is 27.1. The highest BCUT2D eigenvalue weighted by molar-refractivity contribution is 5.98. The van der Waals surface area contributed by atoms with Gasteiger partial charge in [-0.05, 0) is 144 Å². The van der Waals surface area contributed by atoms with E-state index in [4.69, 9.17) is 9.47 Å². The van der Waals surface area contributed by atoms with Crippen LogP contribution in [0.3, 0.4) is 0 Å². The van der Waals surface area contributed by atoms with Gasteiger partial charge in [-0.1, -0.05) is 237 Å². The highest BCUT2D eigenvalue weighted by Gasteiger charge is 2.54. The number of hydrogen-bond donors (Lipinski definition) is 0. The molecular weight excluding hydrogens is 935 g/mol. The van der Waals surface area contributed by atoms with Gasteiger partial charge in [0.05, 0.1) is 17.1 Å². The van der Waals surface area contributed by atoms with E-state index in [1.807, 2.05) is 0 Å². The molecule has 77 heavy (non-hydrogen) atoms. The molecule has 1 heterocycles. The largest absolute Gasteiger partial charge is 0.449 e. The van der Waals surface area contributed by atoms with Crippen LogP contribution >= 0.6 is 0 Å². The lowest BCUT2D eigenvalue weighted by molar-refractivity contribution is 0.360. The van der Waals surface area contributed by atoms with Gasteiger partial charge in [-0.15, -0.1) is 0 Å². The summed E-state index contributed by atoms with van der Waals surface area (Å²) < 4.78 is 14.8. The van der Waals surface area contributed by atoms with Crippen LogP contribution in [-0.4, -0.2) is 6.04 Å². The molecule has 10 aromatic carbocycles. The topological polar surface area (TPSA) is 21.7 Å². The number of para-hydroxylation sites is 1. The number of hydrogen-bond acceptors (Lipinski definition) is 3. The van der Waals surface area contributed by atoms with E-state index in [0.717, 1.165) is 35.5 Å². The molecule has 3 heteroatoms. The molecular formula is C74H51NO2. The first kappa shape index (κ1) is 43.9. The molecule has 3 nitrogen and oxygen atoms in total. The van der Waals surface area contributed by atoms with Crippen molar-refractivity contribution >= 4 is 16.9 Å². The Balaban J connectivity index is 0.876. The van der Waals surface area contributed by atoms with Crippen molar-refractivity contribution in [3.8, 4) is 67.5 Å². The first-order valence-electron chi connectivity index (χ1n) is 27.1. The SMILES string of the molecule is C1=CCC(C2(c3ccccc3)C3=C(C=CC(N(c4ccc(-c5ccccc5)cc4)c4cccc5c4Oc4c(ccc6c4-c4ccccc4C64c6ccccc6-c6ccccc64)O5)C3)c3ccc(-c4ccccc4)cc32)C=C1. The summed E-state index contributed by atoms with van der Waals surface area (Å²) in [6, 6.07) is 86.8. The second kappa shape index (κ2) is 17.0. The van der Waals surface area contributed by atoms with Gasteiger partial charge in [0.25, 0.3) is 0 Å². The van der Waals surface area contributed by atoms with Crippen molar-refractivity contribution in [1.29, 1.82) is 0 Å². The van der Waals surface area contributed by atoms with Gasteiger partial charge in [0, 0.05) is 16.7 Å². The number of fused-ring (bicyclic) bond motifs is 15. The summed E-state index contributed by atoms with van der Waals surface area (Å²) in [6.07, 6.45) is 15.9. The van der Waals surface area contributed by atoms with Gasteiger partial charge >= 0.3 is 0 Å². The van der Waals surface area contributed by atoms with Gasteiger partial charge in [0.15, 0.2) is 23.0 Å². The van der Waals surface area contributed by atoms with E-state index in [0.29, 0.717) is 17.2 Å². The standard InChI is InChI=1S/C74H51NO2/c1-5-20-48(21-6-1)50-36-39-54(40-37-50)75(55-41-43-59-58-42-38-51(49-22-7-2-8-23-49)46-65(58)73(66(59)47-55,52-24-9-3-10-25-52)53-26-11-4-12-27-53)67-34-19-35-68-71(67)77-72-69(76-68)45-44-64-70(72)60-30-15-18-33-63(60)74(64)61-31-16-13-28-56(61)57-29-14-17-32-62(57)74/h1-26,28-46,53,55H,27,47H2. The monoisotopic (exact) mass is 985 g/mol. The molecule has 5 aliphatic carbocycles. The number of rotatable bonds is 7. The van der Waals surface area contributed by atoms with Gasteiger partial charge in [0.1, 0.15) is 0 Å². The Morgan fingerprint density at radius 1 is 0.429 bits per heavy atom. The Kier molecular flexibility index (Phi) is 9.72. The molecule has 6 aliphatic rings. The average Bonchev–Trinajstić information content (AvgIpc) is 4.32. The van der Waals surface area contributed by atoms with Gasteiger partial charge in [-0.2, -0.15) is 0 Å². The molecule has 0 saturated carbocycles. The molecule has 3 atom stereocenters. The quantitative estimate of drug-likeness (QED) is 0.159. The summed E-state index contributed by atoms with van der Waals surface area (Å²) in [5, 5.41) is 0. The third kappa shape index (κ3) is 6.26. The zero-order valence-corrected chi connectivity index (χ0v) is 42.3. The smallest absolute Gasteiger partial charge is 0.193 e. The van der Waals surface area contributed by atoms with E-state index in [-0.39, 0.29) is 12.0 Å². The molecule has 16 rings (SSSR count). The third-order valence-corrected chi connectivity index (χ3v) is 17.6. The van der Waals surface area contributed by atoms with Crippen molar-refractivity contribution in [1.82, 2.24) is 0 Å². The molecule has 1 aliphatic heterocycles. The van der Waals surface area contributed by atoms with E-state index >= 15 is 0 Å². The molecule has 0 N–H and O–H groups in total. The molecule has 1 spiro atoms. The number of anilines is 2. The van der Waals surface area contributed by atoms with E-state index < -0.39 is 10.8 Å². The van der Waals surface area contributed by atoms with Crippen molar-refractivity contribution in [3.63, 3.8) is 0 Å². The van der Waals surface area contributed by atoms with Crippen LogP contribution in [0.1, 0.15) is 51.8 Å². The predicted octanol–water partition coefficient (Wildman–Crippen LogP) is 18.6. The summed E-state index contributed by atoms with van der Waals surface area (Å²) in [6.45, 7) is 0. The van der Waals surface area contributed by atoms with Crippen LogP contribution in [-0.2, 0) is 10.8 Å². The maximum absolute atomic E-state index is 7.65. The Bertz CT molecular complexity index is 4120. The molecule has 364 valence electrons. The predicted molar refractivity (Wildman–Crippen MR) is 313 cm³/mol. The Hall–Kier alpha value is -9.44. The third-order valence-electron chi connectivity index (χ3n) is 17.6. The summed E-state index contributed by atoms with van der Waals surface area (Å²) in [5.74, 6) is 3.04. The van der Waals surface area contributed by atoms with Crippen LogP contribution in [0.5, 0.6) is 23.0 Å². The Morgan fingerprint density at radius 3 is 1.74 bits per heavy atom. The Labute approximate surface area is 449 Å². The van der Waals surface area contributed by atoms with Gasteiger partial charge in [-0.25, -0.2) is 0 Å². The highest BCUT2D eigenvalue weighted by atomic mass is 16.6. The number of benzene rings is 10. The summed E-state index contributed by atoms with van der Waals surface area (Å²) in [7, 11) is 0. The first-order chi connectivity index (χ1) is 38.2. The van der Waals surface area contributed by atoms with E-state index in [1.165, 1.54) is 89.0 Å². The van der Waals surface area contributed by atoms with Gasteiger partial charge < -0.3 is 14.4 Å². The molecule has 0 saturated heterocycles. The molecule has 0 bridgehead atoms. The van der Waals surface area contributed by atoms with Gasteiger partial charge in [0.2, 0.25) is 0 Å². The summed E-state index contributed by atoms with van der Waals surface area (Å²) in [4.78, 5) is 2.52. The maximum atomic E-state index is 7.65. The van der Waals surface area contributed by atoms with Crippen molar-refractivity contribution in [3.05, 3.63) is 318 Å².